The van der Waals surface area contributed by atoms with Crippen molar-refractivity contribution in [3.8, 4) is 12.3 Å². The lowest BCUT2D eigenvalue weighted by atomic mass is 10.0. The van der Waals surface area contributed by atoms with E-state index in [0.717, 1.165) is 38.8 Å². The van der Waals surface area contributed by atoms with E-state index in [1.807, 2.05) is 0 Å². The van der Waals surface area contributed by atoms with Crippen LogP contribution in [0.5, 0.6) is 0 Å². The van der Waals surface area contributed by atoms with E-state index in [0.29, 0.717) is 18.9 Å². The summed E-state index contributed by atoms with van der Waals surface area (Å²) >= 11 is 0. The van der Waals surface area contributed by atoms with Crippen LogP contribution in [-0.4, -0.2) is 53.6 Å². The number of carbonyl (C=O) groups is 1. The van der Waals surface area contributed by atoms with Crippen molar-refractivity contribution in [2.24, 2.45) is 10.2 Å². The Morgan fingerprint density at radius 1 is 1.13 bits per heavy atom. The van der Waals surface area contributed by atoms with E-state index in [-0.39, 0.29) is 11.6 Å². The van der Waals surface area contributed by atoms with Gasteiger partial charge in [0, 0.05) is 44.8 Å². The maximum atomic E-state index is 12.6. The molecule has 5 heteroatoms. The zero-order valence-electron chi connectivity index (χ0n) is 14.0. The molecule has 0 aromatic rings. The summed E-state index contributed by atoms with van der Waals surface area (Å²) in [6.45, 7) is 4.38. The third kappa shape index (κ3) is 4.32. The van der Waals surface area contributed by atoms with Gasteiger partial charge in [-0.05, 0) is 38.8 Å². The zero-order valence-corrected chi connectivity index (χ0v) is 14.0. The van der Waals surface area contributed by atoms with Gasteiger partial charge in [-0.3, -0.25) is 4.79 Å². The number of piperidine rings is 1. The third-order valence-electron chi connectivity index (χ3n) is 5.41. The highest BCUT2D eigenvalue weighted by Crippen LogP contribution is 2.38. The quantitative estimate of drug-likeness (QED) is 0.678. The van der Waals surface area contributed by atoms with Crippen LogP contribution in [-0.2, 0) is 4.79 Å². The summed E-state index contributed by atoms with van der Waals surface area (Å²) < 4.78 is 0. The van der Waals surface area contributed by atoms with Crippen LogP contribution >= 0.6 is 0 Å². The normalized spacial score (nSPS) is 26.2. The Bertz CT molecular complexity index is 484. The van der Waals surface area contributed by atoms with Gasteiger partial charge in [0.25, 0.3) is 0 Å². The van der Waals surface area contributed by atoms with E-state index in [9.17, 15) is 4.79 Å². The molecule has 0 N–H and O–H groups in total. The number of terminal acetylenes is 1. The molecule has 1 unspecified atom stereocenters. The van der Waals surface area contributed by atoms with Crippen LogP contribution in [0.25, 0.3) is 0 Å². The van der Waals surface area contributed by atoms with Gasteiger partial charge in [-0.25, -0.2) is 0 Å². The molecule has 3 aliphatic rings. The lowest BCUT2D eigenvalue weighted by molar-refractivity contribution is -0.132. The average molecular weight is 316 g/mol. The van der Waals surface area contributed by atoms with Crippen molar-refractivity contribution in [1.82, 2.24) is 9.80 Å². The third-order valence-corrected chi connectivity index (χ3v) is 5.41. The molecule has 1 amide bonds. The largest absolute Gasteiger partial charge is 0.338 e. The second-order valence-corrected chi connectivity index (χ2v) is 7.13. The standard InChI is InChI=1S/C18H28N4O/c1-2-3-10-18(19-20-18)11-9-17(23)22-14-7-8-16(22)15-21-12-5-4-6-13-21/h1,16H,3-15H2. The number of carbonyl (C=O) groups excluding carboxylic acids is 1. The number of rotatable bonds is 7. The molecule has 3 rings (SSSR count). The topological polar surface area (TPSA) is 48.3 Å². The first kappa shape index (κ1) is 16.4. The van der Waals surface area contributed by atoms with Crippen molar-refractivity contribution in [2.45, 2.75) is 69.5 Å². The summed E-state index contributed by atoms with van der Waals surface area (Å²) in [6, 6.07) is 0.412. The summed E-state index contributed by atoms with van der Waals surface area (Å²) in [7, 11) is 0. The summed E-state index contributed by atoms with van der Waals surface area (Å²) in [5.74, 6) is 2.92. The van der Waals surface area contributed by atoms with Crippen molar-refractivity contribution in [2.75, 3.05) is 26.2 Å². The van der Waals surface area contributed by atoms with Crippen molar-refractivity contribution in [3.05, 3.63) is 0 Å². The second kappa shape index (κ2) is 7.44. The fraction of sp³-hybridized carbons (Fsp3) is 0.833. The molecule has 1 atom stereocenters. The Kier molecular flexibility index (Phi) is 5.32. The molecule has 5 nitrogen and oxygen atoms in total. The molecule has 3 heterocycles. The molecule has 2 fully saturated rings. The minimum absolute atomic E-state index is 0.280. The smallest absolute Gasteiger partial charge is 0.223 e. The highest BCUT2D eigenvalue weighted by molar-refractivity contribution is 5.77. The van der Waals surface area contributed by atoms with Crippen LogP contribution in [0.4, 0.5) is 0 Å². The lowest BCUT2D eigenvalue weighted by Gasteiger charge is -2.33. The van der Waals surface area contributed by atoms with E-state index in [4.69, 9.17) is 6.42 Å². The fourth-order valence-corrected chi connectivity index (χ4v) is 3.91. The highest BCUT2D eigenvalue weighted by atomic mass is 16.2. The molecule has 0 aromatic carbocycles. The minimum atomic E-state index is -0.329. The van der Waals surface area contributed by atoms with Gasteiger partial charge in [-0.15, -0.1) is 12.3 Å². The van der Waals surface area contributed by atoms with Gasteiger partial charge in [0.15, 0.2) is 5.66 Å². The number of amides is 1. The first-order valence-corrected chi connectivity index (χ1v) is 9.12. The Morgan fingerprint density at radius 2 is 1.91 bits per heavy atom. The molecule has 0 saturated carbocycles. The van der Waals surface area contributed by atoms with Crippen LogP contribution in [0.2, 0.25) is 0 Å². The molecular weight excluding hydrogens is 288 g/mol. The molecule has 2 saturated heterocycles. The Balaban J connectivity index is 1.45. The van der Waals surface area contributed by atoms with Crippen LogP contribution in [0.3, 0.4) is 0 Å². The fourth-order valence-electron chi connectivity index (χ4n) is 3.91. The zero-order chi connectivity index (χ0) is 16.1. The molecule has 126 valence electrons. The summed E-state index contributed by atoms with van der Waals surface area (Å²) in [4.78, 5) is 17.3. The predicted molar refractivity (Wildman–Crippen MR) is 89.9 cm³/mol. The van der Waals surface area contributed by atoms with Crippen molar-refractivity contribution in [3.63, 3.8) is 0 Å². The van der Waals surface area contributed by atoms with Crippen molar-refractivity contribution >= 4 is 5.91 Å². The SMILES string of the molecule is C#CCCC1(CCC(=O)N2CCCC2CN2CCCCC2)N=N1. The van der Waals surface area contributed by atoms with E-state index in [2.05, 4.69) is 25.9 Å². The van der Waals surface area contributed by atoms with E-state index in [1.165, 1.54) is 32.4 Å². The molecule has 0 bridgehead atoms. The monoisotopic (exact) mass is 316 g/mol. The molecule has 23 heavy (non-hydrogen) atoms. The highest BCUT2D eigenvalue weighted by Gasteiger charge is 2.40. The summed E-state index contributed by atoms with van der Waals surface area (Å²) in [6.07, 6.45) is 14.3. The number of hydrogen-bond donors (Lipinski definition) is 0. The van der Waals surface area contributed by atoms with E-state index < -0.39 is 0 Å². The Labute approximate surface area is 139 Å². The van der Waals surface area contributed by atoms with Crippen LogP contribution in [0.1, 0.15) is 57.8 Å². The molecule has 0 aromatic heterocycles. The molecule has 0 aliphatic carbocycles. The van der Waals surface area contributed by atoms with Gasteiger partial charge in [0.05, 0.1) is 0 Å². The van der Waals surface area contributed by atoms with Gasteiger partial charge >= 0.3 is 0 Å². The van der Waals surface area contributed by atoms with Gasteiger partial charge in [-0.2, -0.15) is 10.2 Å². The maximum Gasteiger partial charge on any atom is 0.223 e. The summed E-state index contributed by atoms with van der Waals surface area (Å²) in [5.41, 5.74) is -0.329. The van der Waals surface area contributed by atoms with Crippen LogP contribution in [0, 0.1) is 12.3 Å². The first-order valence-electron chi connectivity index (χ1n) is 9.12. The Morgan fingerprint density at radius 3 is 2.61 bits per heavy atom. The maximum absolute atomic E-state index is 12.6. The van der Waals surface area contributed by atoms with Gasteiger partial charge in [0.2, 0.25) is 5.91 Å². The summed E-state index contributed by atoms with van der Waals surface area (Å²) in [5, 5.41) is 8.27. The predicted octanol–water partition coefficient (Wildman–Crippen LogP) is 2.82. The first-order chi connectivity index (χ1) is 11.2. The van der Waals surface area contributed by atoms with Gasteiger partial charge in [-0.1, -0.05) is 6.42 Å². The van der Waals surface area contributed by atoms with Crippen LogP contribution in [0.15, 0.2) is 10.2 Å². The second-order valence-electron chi connectivity index (χ2n) is 7.13. The number of hydrogen-bond acceptors (Lipinski definition) is 4. The van der Waals surface area contributed by atoms with Crippen molar-refractivity contribution < 1.29 is 4.79 Å². The molecule has 0 radical (unpaired) electrons. The number of nitrogens with zero attached hydrogens (tertiary/aromatic N) is 4. The number of likely N-dealkylation sites (tertiary alicyclic amines) is 2. The molecule has 3 aliphatic heterocycles. The lowest BCUT2D eigenvalue weighted by Crippen LogP contribution is -2.44. The average Bonchev–Trinajstić information content (AvgIpc) is 3.21. The molecule has 0 spiro atoms. The molecular formula is C18H28N4O. The van der Waals surface area contributed by atoms with Gasteiger partial charge < -0.3 is 9.80 Å². The van der Waals surface area contributed by atoms with Gasteiger partial charge in [0.1, 0.15) is 0 Å². The minimum Gasteiger partial charge on any atom is -0.338 e. The van der Waals surface area contributed by atoms with Crippen LogP contribution < -0.4 is 0 Å². The van der Waals surface area contributed by atoms with Crippen molar-refractivity contribution in [1.29, 1.82) is 0 Å². The van der Waals surface area contributed by atoms with E-state index in [1.54, 1.807) is 0 Å². The Hall–Kier alpha value is -1.41. The van der Waals surface area contributed by atoms with E-state index >= 15 is 0 Å².